The second-order valence-electron chi connectivity index (χ2n) is 12.1. The summed E-state index contributed by atoms with van der Waals surface area (Å²) >= 11 is 6.04. The maximum Gasteiger partial charge on any atom is 0.294 e. The second-order valence-corrected chi connectivity index (χ2v) is 17.4. The molecule has 2 aliphatic heterocycles. The van der Waals surface area contributed by atoms with Crippen LogP contribution in [-0.2, 0) is 15.8 Å². The van der Waals surface area contributed by atoms with Crippen LogP contribution in [0.15, 0.2) is 42.7 Å². The summed E-state index contributed by atoms with van der Waals surface area (Å²) in [6.07, 6.45) is 4.18. The number of carbonyl (C=O) groups is 1. The Bertz CT molecular complexity index is 1530. The van der Waals surface area contributed by atoms with Crippen LogP contribution in [0.2, 0.25) is 23.2 Å². The van der Waals surface area contributed by atoms with Crippen molar-refractivity contribution in [3.05, 3.63) is 70.7 Å². The van der Waals surface area contributed by atoms with Gasteiger partial charge < -0.3 is 20.0 Å². The second kappa shape index (κ2) is 10.3. The van der Waals surface area contributed by atoms with Crippen molar-refractivity contribution in [3.8, 4) is 11.3 Å². The average molecular weight is 604 g/mol. The van der Waals surface area contributed by atoms with Gasteiger partial charge in [0.15, 0.2) is 14.1 Å². The number of fused-ring (bicyclic) bond motifs is 1. The lowest BCUT2D eigenvalue weighted by molar-refractivity contribution is -0.137. The van der Waals surface area contributed by atoms with E-state index in [2.05, 4.69) is 48.8 Å². The molecule has 7 nitrogen and oxygen atoms in total. The van der Waals surface area contributed by atoms with Gasteiger partial charge in [0.05, 0.1) is 24.5 Å². The van der Waals surface area contributed by atoms with Crippen LogP contribution >= 0.6 is 11.6 Å². The van der Waals surface area contributed by atoms with Gasteiger partial charge in [0.1, 0.15) is 17.6 Å². The number of alkyl halides is 2. The third-order valence-electron chi connectivity index (χ3n) is 8.53. The molecule has 218 valence electrons. The zero-order valence-electron chi connectivity index (χ0n) is 23.6. The number of aromatic nitrogens is 3. The van der Waals surface area contributed by atoms with Crippen molar-refractivity contribution in [2.45, 2.75) is 76.4 Å². The van der Waals surface area contributed by atoms with E-state index in [0.717, 1.165) is 11.0 Å². The number of nitrogen functional groups attached to an aromatic ring is 1. The number of rotatable bonds is 6. The van der Waals surface area contributed by atoms with Crippen molar-refractivity contribution in [3.63, 3.8) is 0 Å². The first-order chi connectivity index (χ1) is 19.1. The van der Waals surface area contributed by atoms with Crippen LogP contribution in [0.4, 0.5) is 18.9 Å². The van der Waals surface area contributed by atoms with Crippen LogP contribution in [0.3, 0.4) is 0 Å². The molecule has 1 unspecified atom stereocenters. The number of anilines is 1. The van der Waals surface area contributed by atoms with Gasteiger partial charge >= 0.3 is 0 Å². The lowest BCUT2D eigenvalue weighted by Crippen LogP contribution is -2.51. The van der Waals surface area contributed by atoms with Gasteiger partial charge in [-0.2, -0.15) is 8.78 Å². The van der Waals surface area contributed by atoms with Crippen LogP contribution < -0.4 is 5.73 Å². The van der Waals surface area contributed by atoms with E-state index in [-0.39, 0.29) is 52.0 Å². The van der Waals surface area contributed by atoms with Crippen molar-refractivity contribution < 1.29 is 22.4 Å². The molecule has 3 aromatic rings. The number of nitrogens with one attached hydrogen (secondary N) is 1. The molecule has 1 saturated heterocycles. The van der Waals surface area contributed by atoms with Gasteiger partial charge in [-0.25, -0.2) is 9.37 Å². The molecule has 4 heterocycles. The Balaban J connectivity index is 1.41. The fourth-order valence-electron chi connectivity index (χ4n) is 5.14. The minimum Gasteiger partial charge on any atom is -0.411 e. The van der Waals surface area contributed by atoms with E-state index >= 15 is 13.2 Å². The number of carbonyl (C=O) groups excluding carboxylic acids is 1. The molecule has 5 rings (SSSR count). The standard InChI is InChI=1S/C29H33ClF3N5O2Si/c1-28(2,3)41(4,5)40-15-22-26(31)17(10-11-35-22)21-14-36-27(37-21)23-8-9-24-29(32,33)19(13-25(39)38(23)24)18-12-16(30)6-7-20(18)34/h6-7,10-14,23-24H,8-9,15,34H2,1-5H3,(H,36,37)/t23-,24?/m0/s1. The summed E-state index contributed by atoms with van der Waals surface area (Å²) in [5.74, 6) is -4.18. The molecule has 2 aliphatic rings. The SMILES string of the molecule is CC(C)(C)[Si](C)(C)OCc1nccc(-c2cnc([C@@H]3CCC4N3C(=O)C=C(c3cc(Cl)ccc3N)C4(F)F)[nH]2)c1F. The lowest BCUT2D eigenvalue weighted by Gasteiger charge is -2.38. The van der Waals surface area contributed by atoms with Crippen molar-refractivity contribution in [2.75, 3.05) is 5.73 Å². The molecule has 1 fully saturated rings. The van der Waals surface area contributed by atoms with Gasteiger partial charge in [0.25, 0.3) is 5.92 Å². The normalized spacial score (nSPS) is 20.8. The summed E-state index contributed by atoms with van der Waals surface area (Å²) in [4.78, 5) is 26.0. The van der Waals surface area contributed by atoms with Gasteiger partial charge in [-0.1, -0.05) is 32.4 Å². The number of hydrogen-bond acceptors (Lipinski definition) is 5. The predicted molar refractivity (Wildman–Crippen MR) is 155 cm³/mol. The summed E-state index contributed by atoms with van der Waals surface area (Å²) < 4.78 is 53.4. The molecule has 3 N–H and O–H groups in total. The van der Waals surface area contributed by atoms with Crippen LogP contribution in [0.25, 0.3) is 16.8 Å². The molecule has 41 heavy (non-hydrogen) atoms. The summed E-state index contributed by atoms with van der Waals surface area (Å²) in [6.45, 7) is 10.5. The van der Waals surface area contributed by atoms with Gasteiger partial charge in [-0.15, -0.1) is 0 Å². The van der Waals surface area contributed by atoms with E-state index in [4.69, 9.17) is 21.8 Å². The Morgan fingerprint density at radius 3 is 2.63 bits per heavy atom. The largest absolute Gasteiger partial charge is 0.411 e. The number of imidazole rings is 1. The Labute approximate surface area is 243 Å². The van der Waals surface area contributed by atoms with E-state index in [0.29, 0.717) is 11.5 Å². The maximum atomic E-state index is 15.8. The number of H-pyrrole nitrogens is 1. The van der Waals surface area contributed by atoms with Gasteiger partial charge in [-0.3, -0.25) is 9.78 Å². The highest BCUT2D eigenvalue weighted by atomic mass is 35.5. The number of nitrogens with zero attached hydrogens (tertiary/aromatic N) is 3. The zero-order chi connectivity index (χ0) is 29.9. The highest BCUT2D eigenvalue weighted by Crippen LogP contribution is 2.51. The number of hydrogen-bond donors (Lipinski definition) is 2. The summed E-state index contributed by atoms with van der Waals surface area (Å²) in [7, 11) is -2.13. The van der Waals surface area contributed by atoms with Crippen LogP contribution in [0.1, 0.15) is 56.7 Å². The highest BCUT2D eigenvalue weighted by Gasteiger charge is 2.57. The Morgan fingerprint density at radius 2 is 1.93 bits per heavy atom. The molecule has 1 amide bonds. The molecule has 0 saturated carbocycles. The van der Waals surface area contributed by atoms with E-state index < -0.39 is 43.6 Å². The van der Waals surface area contributed by atoms with E-state index in [1.807, 2.05) is 0 Å². The first-order valence-electron chi connectivity index (χ1n) is 13.4. The molecular weight excluding hydrogens is 571 g/mol. The lowest BCUT2D eigenvalue weighted by atomic mass is 9.89. The molecule has 0 bridgehead atoms. The number of pyridine rings is 1. The first kappa shape index (κ1) is 29.3. The van der Waals surface area contributed by atoms with Crippen molar-refractivity contribution in [1.82, 2.24) is 19.9 Å². The van der Waals surface area contributed by atoms with Gasteiger partial charge in [0, 0.05) is 39.7 Å². The number of nitrogens with two attached hydrogens (primary N) is 1. The number of benzene rings is 1. The third kappa shape index (κ3) is 5.19. The monoisotopic (exact) mass is 603 g/mol. The Hall–Kier alpha value is -3.15. The smallest absolute Gasteiger partial charge is 0.294 e. The van der Waals surface area contributed by atoms with E-state index in [1.54, 1.807) is 0 Å². The number of amides is 1. The summed E-state index contributed by atoms with van der Waals surface area (Å²) in [6, 6.07) is 3.70. The fraction of sp³-hybridized carbons (Fsp3) is 0.414. The molecule has 0 radical (unpaired) electrons. The van der Waals surface area contributed by atoms with E-state index in [1.165, 1.54) is 36.7 Å². The first-order valence-corrected chi connectivity index (χ1v) is 16.7. The number of aromatic amines is 1. The molecule has 2 atom stereocenters. The molecule has 0 spiro atoms. The third-order valence-corrected chi connectivity index (χ3v) is 13.2. The van der Waals surface area contributed by atoms with Crippen LogP contribution in [0, 0.1) is 5.82 Å². The van der Waals surface area contributed by atoms with E-state index in [9.17, 15) is 4.79 Å². The minimum atomic E-state index is -3.37. The summed E-state index contributed by atoms with van der Waals surface area (Å²) in [5, 5.41) is 0.198. The molecule has 12 heteroatoms. The zero-order valence-corrected chi connectivity index (χ0v) is 25.3. The highest BCUT2D eigenvalue weighted by molar-refractivity contribution is 6.74. The average Bonchev–Trinajstić information content (AvgIpc) is 3.55. The minimum absolute atomic E-state index is 0.0324. The van der Waals surface area contributed by atoms with Crippen molar-refractivity contribution >= 4 is 37.1 Å². The van der Waals surface area contributed by atoms with Crippen LogP contribution in [0.5, 0.6) is 0 Å². The van der Waals surface area contributed by atoms with Crippen molar-refractivity contribution in [1.29, 1.82) is 0 Å². The maximum absolute atomic E-state index is 15.8. The fourth-order valence-corrected chi connectivity index (χ4v) is 6.24. The topological polar surface area (TPSA) is 97.1 Å². The van der Waals surface area contributed by atoms with Gasteiger partial charge in [-0.05, 0) is 55.2 Å². The quantitative estimate of drug-likeness (QED) is 0.231. The van der Waals surface area contributed by atoms with Crippen LogP contribution in [-0.4, -0.2) is 46.0 Å². The molecular formula is C29H33ClF3N5O2Si. The molecule has 0 aliphatic carbocycles. The van der Waals surface area contributed by atoms with Crippen molar-refractivity contribution in [2.24, 2.45) is 0 Å². The predicted octanol–water partition coefficient (Wildman–Crippen LogP) is 7.13. The Morgan fingerprint density at radius 1 is 1.20 bits per heavy atom. The molecule has 2 aromatic heterocycles. The Kier molecular flexibility index (Phi) is 7.36. The summed E-state index contributed by atoms with van der Waals surface area (Å²) in [5.41, 5.74) is 6.44. The molecule has 1 aromatic carbocycles. The number of halogens is 4. The van der Waals surface area contributed by atoms with Gasteiger partial charge in [0.2, 0.25) is 5.91 Å².